The normalized spacial score (nSPS) is 14.7. The van der Waals surface area contributed by atoms with Crippen molar-refractivity contribution < 1.29 is 9.53 Å². The van der Waals surface area contributed by atoms with Crippen LogP contribution in [0.1, 0.15) is 5.56 Å². The van der Waals surface area contributed by atoms with Crippen LogP contribution in [0.5, 0.6) is 0 Å². The predicted molar refractivity (Wildman–Crippen MR) is 84.4 cm³/mol. The maximum absolute atomic E-state index is 12.1. The van der Waals surface area contributed by atoms with Crippen LogP contribution in [0.4, 0.5) is 16.2 Å². The molecule has 0 spiro atoms. The summed E-state index contributed by atoms with van der Waals surface area (Å²) in [6.45, 7) is 2.24. The largest absolute Gasteiger partial charge is 0.378 e. The van der Waals surface area contributed by atoms with Gasteiger partial charge >= 0.3 is 6.03 Å². The van der Waals surface area contributed by atoms with E-state index in [9.17, 15) is 10.1 Å². The van der Waals surface area contributed by atoms with Gasteiger partial charge in [-0.2, -0.15) is 5.26 Å². The second kappa shape index (κ2) is 7.43. The smallest absolute Gasteiger partial charge is 0.322 e. The first-order valence-corrected chi connectivity index (χ1v) is 6.98. The minimum Gasteiger partial charge on any atom is -0.378 e. The number of amides is 2. The van der Waals surface area contributed by atoms with Crippen molar-refractivity contribution in [2.75, 3.05) is 45.7 Å². The monoisotopic (exact) mass is 301 g/mol. The van der Waals surface area contributed by atoms with Crippen LogP contribution in [-0.4, -0.2) is 62.6 Å². The molecule has 2 amide bonds. The van der Waals surface area contributed by atoms with Crippen molar-refractivity contribution in [3.05, 3.63) is 23.8 Å². The minimum atomic E-state index is -0.184. The first-order chi connectivity index (χ1) is 10.6. The highest BCUT2D eigenvalue weighted by atomic mass is 16.5. The third kappa shape index (κ3) is 4.20. The number of hydrogen-bond donors (Lipinski definition) is 1. The number of anilines is 1. The number of morpholine rings is 1. The second-order valence-electron chi connectivity index (χ2n) is 5.08. The Kier molecular flexibility index (Phi) is 5.33. The summed E-state index contributed by atoms with van der Waals surface area (Å²) in [6, 6.07) is 6.99. The maximum atomic E-state index is 12.1. The molecule has 7 heteroatoms. The SMILES string of the molecule is CN(C)/C=N/c1ccc(NC(=O)N2CCOCC2)cc1C#N. The van der Waals surface area contributed by atoms with Gasteiger partial charge in [0.1, 0.15) is 6.07 Å². The number of carbonyl (C=O) groups is 1. The van der Waals surface area contributed by atoms with Crippen molar-refractivity contribution in [2.24, 2.45) is 4.99 Å². The molecule has 7 nitrogen and oxygen atoms in total. The third-order valence-electron chi connectivity index (χ3n) is 3.09. The van der Waals surface area contributed by atoms with Gasteiger partial charge in [-0.15, -0.1) is 0 Å². The number of ether oxygens (including phenoxy) is 1. The minimum absolute atomic E-state index is 0.184. The number of urea groups is 1. The topological polar surface area (TPSA) is 81.0 Å². The molecular weight excluding hydrogens is 282 g/mol. The van der Waals surface area contributed by atoms with Crippen molar-refractivity contribution in [3.8, 4) is 6.07 Å². The molecule has 1 aliphatic rings. The quantitative estimate of drug-likeness (QED) is 0.680. The lowest BCUT2D eigenvalue weighted by atomic mass is 10.2. The van der Waals surface area contributed by atoms with E-state index in [0.717, 1.165) is 0 Å². The van der Waals surface area contributed by atoms with E-state index < -0.39 is 0 Å². The Morgan fingerprint density at radius 2 is 2.18 bits per heavy atom. The Hall–Kier alpha value is -2.59. The number of nitrogens with one attached hydrogen (secondary N) is 1. The summed E-state index contributed by atoms with van der Waals surface area (Å²) in [7, 11) is 3.71. The molecule has 22 heavy (non-hydrogen) atoms. The van der Waals surface area contributed by atoms with Gasteiger partial charge in [0.15, 0.2) is 0 Å². The Labute approximate surface area is 129 Å². The van der Waals surface area contributed by atoms with Crippen LogP contribution in [0.15, 0.2) is 23.2 Å². The van der Waals surface area contributed by atoms with Crippen LogP contribution in [-0.2, 0) is 4.74 Å². The van der Waals surface area contributed by atoms with Crippen LogP contribution in [0.2, 0.25) is 0 Å². The fourth-order valence-corrected chi connectivity index (χ4v) is 1.96. The van der Waals surface area contributed by atoms with Gasteiger partial charge in [-0.3, -0.25) is 0 Å². The van der Waals surface area contributed by atoms with Gasteiger partial charge in [0.05, 0.1) is 30.8 Å². The molecule has 2 rings (SSSR count). The molecule has 1 aliphatic heterocycles. The molecule has 116 valence electrons. The molecule has 1 heterocycles. The molecule has 1 aromatic carbocycles. The lowest BCUT2D eigenvalue weighted by molar-refractivity contribution is 0.0564. The van der Waals surface area contributed by atoms with E-state index in [-0.39, 0.29) is 6.03 Å². The molecule has 0 bridgehead atoms. The molecule has 1 aromatic rings. The fourth-order valence-electron chi connectivity index (χ4n) is 1.96. The summed E-state index contributed by atoms with van der Waals surface area (Å²) in [6.07, 6.45) is 1.63. The van der Waals surface area contributed by atoms with Crippen molar-refractivity contribution >= 4 is 23.7 Å². The number of carbonyl (C=O) groups excluding carboxylic acids is 1. The predicted octanol–water partition coefficient (Wildman–Crippen LogP) is 1.64. The molecule has 1 fully saturated rings. The molecule has 1 saturated heterocycles. The highest BCUT2D eigenvalue weighted by molar-refractivity contribution is 5.90. The van der Waals surface area contributed by atoms with Crippen molar-refractivity contribution in [3.63, 3.8) is 0 Å². The lowest BCUT2D eigenvalue weighted by Gasteiger charge is -2.26. The van der Waals surface area contributed by atoms with E-state index in [0.29, 0.717) is 43.2 Å². The van der Waals surface area contributed by atoms with Gasteiger partial charge in [0.2, 0.25) is 0 Å². The number of benzene rings is 1. The molecule has 0 saturated carbocycles. The Morgan fingerprint density at radius 3 is 2.82 bits per heavy atom. The van der Waals surface area contributed by atoms with E-state index in [1.165, 1.54) is 0 Å². The maximum Gasteiger partial charge on any atom is 0.322 e. The highest BCUT2D eigenvalue weighted by Gasteiger charge is 2.17. The molecule has 0 radical (unpaired) electrons. The summed E-state index contributed by atoms with van der Waals surface area (Å²) in [4.78, 5) is 19.8. The van der Waals surface area contributed by atoms with Gasteiger partial charge in [0.25, 0.3) is 0 Å². The van der Waals surface area contributed by atoms with Crippen LogP contribution < -0.4 is 5.32 Å². The van der Waals surface area contributed by atoms with E-state index in [4.69, 9.17) is 4.74 Å². The number of hydrogen-bond acceptors (Lipinski definition) is 4. The van der Waals surface area contributed by atoms with Gasteiger partial charge < -0.3 is 19.9 Å². The summed E-state index contributed by atoms with van der Waals surface area (Å²) in [5.41, 5.74) is 1.57. The second-order valence-corrected chi connectivity index (χ2v) is 5.08. The average molecular weight is 301 g/mol. The lowest BCUT2D eigenvalue weighted by Crippen LogP contribution is -2.43. The summed E-state index contributed by atoms with van der Waals surface area (Å²) >= 11 is 0. The summed E-state index contributed by atoms with van der Waals surface area (Å²) in [5, 5.41) is 12.0. The average Bonchev–Trinajstić information content (AvgIpc) is 2.54. The zero-order valence-electron chi connectivity index (χ0n) is 12.7. The fraction of sp³-hybridized carbons (Fsp3) is 0.400. The molecular formula is C15H19N5O2. The summed E-state index contributed by atoms with van der Waals surface area (Å²) < 4.78 is 5.21. The molecule has 0 aromatic heterocycles. The zero-order chi connectivity index (χ0) is 15.9. The van der Waals surface area contributed by atoms with Crippen molar-refractivity contribution in [1.82, 2.24) is 9.80 Å². The number of aliphatic imine (C=N–C) groups is 1. The van der Waals surface area contributed by atoms with Gasteiger partial charge in [-0.1, -0.05) is 0 Å². The number of nitrogens with zero attached hydrogens (tertiary/aromatic N) is 4. The Morgan fingerprint density at radius 1 is 1.45 bits per heavy atom. The first-order valence-electron chi connectivity index (χ1n) is 6.98. The molecule has 0 unspecified atom stereocenters. The molecule has 0 atom stereocenters. The molecule has 1 N–H and O–H groups in total. The van der Waals surface area contributed by atoms with Crippen LogP contribution in [0.3, 0.4) is 0 Å². The van der Waals surface area contributed by atoms with Crippen LogP contribution in [0, 0.1) is 11.3 Å². The first kappa shape index (κ1) is 15.8. The van der Waals surface area contributed by atoms with E-state index in [2.05, 4.69) is 16.4 Å². The van der Waals surface area contributed by atoms with E-state index in [1.54, 1.807) is 34.3 Å². The number of rotatable bonds is 3. The van der Waals surface area contributed by atoms with Crippen LogP contribution >= 0.6 is 0 Å². The van der Waals surface area contributed by atoms with Crippen LogP contribution in [0.25, 0.3) is 0 Å². The number of nitriles is 1. The standard InChI is InChI=1S/C15H19N5O2/c1-19(2)11-17-14-4-3-13(9-12(14)10-16)18-15(21)20-5-7-22-8-6-20/h3-4,9,11H,5-8H2,1-2H3,(H,18,21)/b17-11+. The summed E-state index contributed by atoms with van der Waals surface area (Å²) in [5.74, 6) is 0. The van der Waals surface area contributed by atoms with Crippen molar-refractivity contribution in [1.29, 1.82) is 5.26 Å². The third-order valence-corrected chi connectivity index (χ3v) is 3.09. The van der Waals surface area contributed by atoms with E-state index in [1.807, 2.05) is 14.1 Å². The zero-order valence-corrected chi connectivity index (χ0v) is 12.7. The van der Waals surface area contributed by atoms with Gasteiger partial charge in [-0.05, 0) is 18.2 Å². The Balaban J connectivity index is 2.09. The van der Waals surface area contributed by atoms with Crippen molar-refractivity contribution in [2.45, 2.75) is 0 Å². The highest BCUT2D eigenvalue weighted by Crippen LogP contribution is 2.22. The Bertz CT molecular complexity index is 600. The molecule has 0 aliphatic carbocycles. The van der Waals surface area contributed by atoms with Gasteiger partial charge in [0, 0.05) is 32.9 Å². The van der Waals surface area contributed by atoms with E-state index >= 15 is 0 Å². The van der Waals surface area contributed by atoms with Gasteiger partial charge in [-0.25, -0.2) is 9.79 Å².